The van der Waals surface area contributed by atoms with Crippen LogP contribution in [0, 0.1) is 0 Å². The zero-order chi connectivity index (χ0) is 9.35. The van der Waals surface area contributed by atoms with Gasteiger partial charge >= 0.3 is 0 Å². The Bertz CT molecular complexity index is 257. The molecule has 0 saturated carbocycles. The monoisotopic (exact) mass is 294 g/mol. The topological polar surface area (TPSA) is 37.3 Å². The number of ketones is 1. The van der Waals surface area contributed by atoms with Crippen molar-refractivity contribution in [1.82, 2.24) is 0 Å². The van der Waals surface area contributed by atoms with Crippen LogP contribution in [0.2, 0.25) is 0 Å². The summed E-state index contributed by atoms with van der Waals surface area (Å²) in [6, 6.07) is 0. The number of hydrogen-bond acceptors (Lipinski definition) is 2. The summed E-state index contributed by atoms with van der Waals surface area (Å²) in [4.78, 5) is 11.2. The van der Waals surface area contributed by atoms with E-state index in [-0.39, 0.29) is 5.78 Å². The van der Waals surface area contributed by atoms with Crippen LogP contribution in [0.4, 0.5) is 0 Å². The van der Waals surface area contributed by atoms with Crippen molar-refractivity contribution in [2.45, 2.75) is 18.9 Å². The average molecular weight is 296 g/mol. The van der Waals surface area contributed by atoms with Gasteiger partial charge in [-0.3, -0.25) is 4.79 Å². The number of aliphatic hydroxyl groups is 1. The van der Waals surface area contributed by atoms with Crippen LogP contribution in [0.1, 0.15) is 13.3 Å². The number of carbonyl (C=O) groups excluding carboxylic acids is 1. The van der Waals surface area contributed by atoms with Crippen LogP contribution in [0.5, 0.6) is 0 Å². The van der Waals surface area contributed by atoms with E-state index in [9.17, 15) is 9.90 Å². The van der Waals surface area contributed by atoms with Crippen molar-refractivity contribution in [3.8, 4) is 0 Å². The highest BCUT2D eigenvalue weighted by Crippen LogP contribution is 2.30. The van der Waals surface area contributed by atoms with E-state index < -0.39 is 5.60 Å². The number of halogens is 2. The van der Waals surface area contributed by atoms with Crippen LogP contribution in [0.3, 0.4) is 0 Å². The molecule has 12 heavy (non-hydrogen) atoms. The highest BCUT2D eigenvalue weighted by molar-refractivity contribution is 9.13. The second-order valence-corrected chi connectivity index (χ2v) is 4.37. The lowest BCUT2D eigenvalue weighted by Gasteiger charge is -2.22. The summed E-state index contributed by atoms with van der Waals surface area (Å²) in [5.74, 6) is -0.131. The molecule has 0 radical (unpaired) electrons. The van der Waals surface area contributed by atoms with Gasteiger partial charge in [0.15, 0.2) is 0 Å². The SMILES string of the molecule is CCC1(O)C=C(Br)C(=O)C(Br)=C1. The molecule has 0 fully saturated rings. The first-order valence-corrected chi connectivity index (χ1v) is 5.11. The van der Waals surface area contributed by atoms with Crippen LogP contribution < -0.4 is 0 Å². The van der Waals surface area contributed by atoms with Gasteiger partial charge in [0.2, 0.25) is 5.78 Å². The second kappa shape index (κ2) is 3.44. The fourth-order valence-corrected chi connectivity index (χ4v) is 2.42. The first-order chi connectivity index (χ1) is 5.48. The molecule has 4 heteroatoms. The van der Waals surface area contributed by atoms with E-state index >= 15 is 0 Å². The van der Waals surface area contributed by atoms with E-state index in [4.69, 9.17) is 0 Å². The van der Waals surface area contributed by atoms with E-state index in [1.807, 2.05) is 6.92 Å². The number of allylic oxidation sites excluding steroid dienone is 2. The lowest BCUT2D eigenvalue weighted by Crippen LogP contribution is -2.26. The predicted molar refractivity (Wildman–Crippen MR) is 54.3 cm³/mol. The van der Waals surface area contributed by atoms with Crippen molar-refractivity contribution in [2.75, 3.05) is 0 Å². The van der Waals surface area contributed by atoms with Gasteiger partial charge in [0.1, 0.15) is 5.60 Å². The van der Waals surface area contributed by atoms with Crippen LogP contribution >= 0.6 is 31.9 Å². The summed E-state index contributed by atoms with van der Waals surface area (Å²) in [5.41, 5.74) is -0.994. The molecule has 0 saturated heterocycles. The van der Waals surface area contributed by atoms with Gasteiger partial charge in [-0.25, -0.2) is 0 Å². The smallest absolute Gasteiger partial charge is 0.206 e. The molecule has 0 aromatic carbocycles. The molecular formula is C8H8Br2O2. The van der Waals surface area contributed by atoms with Crippen LogP contribution in [0.15, 0.2) is 21.1 Å². The molecule has 0 aliphatic heterocycles. The van der Waals surface area contributed by atoms with Gasteiger partial charge in [-0.05, 0) is 50.4 Å². The summed E-state index contributed by atoms with van der Waals surface area (Å²) in [6.07, 6.45) is 3.57. The molecule has 1 rings (SSSR count). The molecule has 1 aliphatic rings. The van der Waals surface area contributed by atoms with E-state index in [1.54, 1.807) is 0 Å². The number of Topliss-reactive ketones (excluding diaryl/α,β-unsaturated/α-hetero) is 1. The maximum Gasteiger partial charge on any atom is 0.206 e. The van der Waals surface area contributed by atoms with Crippen LogP contribution in [-0.4, -0.2) is 16.5 Å². The molecule has 66 valence electrons. The second-order valence-electron chi connectivity index (χ2n) is 2.66. The maximum absolute atomic E-state index is 11.2. The third-order valence-corrected chi connectivity index (χ3v) is 2.93. The first-order valence-electron chi connectivity index (χ1n) is 3.52. The zero-order valence-corrected chi connectivity index (χ0v) is 9.65. The van der Waals surface area contributed by atoms with Gasteiger partial charge in [0.05, 0.1) is 8.96 Å². The first kappa shape index (κ1) is 10.2. The fraction of sp³-hybridized carbons (Fsp3) is 0.375. The molecule has 2 nitrogen and oxygen atoms in total. The Morgan fingerprint density at radius 3 is 2.17 bits per heavy atom. The molecule has 0 atom stereocenters. The minimum Gasteiger partial charge on any atom is -0.382 e. The van der Waals surface area contributed by atoms with Gasteiger partial charge in [-0.1, -0.05) is 6.92 Å². The summed E-state index contributed by atoms with van der Waals surface area (Å²) < 4.78 is 0.808. The van der Waals surface area contributed by atoms with Crippen molar-refractivity contribution in [3.63, 3.8) is 0 Å². The molecule has 0 bridgehead atoms. The Morgan fingerprint density at radius 2 is 1.83 bits per heavy atom. The van der Waals surface area contributed by atoms with Crippen molar-refractivity contribution in [1.29, 1.82) is 0 Å². The van der Waals surface area contributed by atoms with Crippen LogP contribution in [0.25, 0.3) is 0 Å². The molecule has 1 aliphatic carbocycles. The Hall–Kier alpha value is 0.0700. The molecule has 0 amide bonds. The third-order valence-electron chi connectivity index (χ3n) is 1.75. The highest BCUT2D eigenvalue weighted by Gasteiger charge is 2.28. The third kappa shape index (κ3) is 1.87. The molecule has 0 spiro atoms. The summed E-state index contributed by atoms with van der Waals surface area (Å²) in [6.45, 7) is 1.85. The van der Waals surface area contributed by atoms with Gasteiger partial charge in [-0.2, -0.15) is 0 Å². The Labute approximate surface area is 87.6 Å². The molecule has 0 aromatic heterocycles. The Morgan fingerprint density at radius 1 is 1.42 bits per heavy atom. The van der Waals surface area contributed by atoms with Gasteiger partial charge < -0.3 is 5.11 Å². The van der Waals surface area contributed by atoms with E-state index in [0.29, 0.717) is 15.4 Å². The molecule has 0 aromatic rings. The van der Waals surface area contributed by atoms with Crippen molar-refractivity contribution < 1.29 is 9.90 Å². The van der Waals surface area contributed by atoms with Crippen molar-refractivity contribution >= 4 is 37.6 Å². The van der Waals surface area contributed by atoms with Crippen molar-refractivity contribution in [3.05, 3.63) is 21.1 Å². The Kier molecular flexibility index (Phi) is 2.91. The fourth-order valence-electron chi connectivity index (χ4n) is 0.930. The molecule has 1 N–H and O–H groups in total. The molecular weight excluding hydrogens is 288 g/mol. The van der Waals surface area contributed by atoms with E-state index in [2.05, 4.69) is 31.9 Å². The minimum atomic E-state index is -0.994. The maximum atomic E-state index is 11.2. The average Bonchev–Trinajstić information content (AvgIpc) is 2.00. The van der Waals surface area contributed by atoms with Gasteiger partial charge in [-0.15, -0.1) is 0 Å². The zero-order valence-electron chi connectivity index (χ0n) is 6.47. The number of hydrogen-bond donors (Lipinski definition) is 1. The quantitative estimate of drug-likeness (QED) is 0.806. The summed E-state index contributed by atoms with van der Waals surface area (Å²) in [5, 5.41) is 9.77. The van der Waals surface area contributed by atoms with Gasteiger partial charge in [0, 0.05) is 0 Å². The highest BCUT2D eigenvalue weighted by atomic mass is 79.9. The normalized spacial score (nSPS) is 21.8. The molecule has 0 unspecified atom stereocenters. The summed E-state index contributed by atoms with van der Waals surface area (Å²) >= 11 is 6.18. The largest absolute Gasteiger partial charge is 0.382 e. The van der Waals surface area contributed by atoms with E-state index in [0.717, 1.165) is 0 Å². The van der Waals surface area contributed by atoms with Crippen molar-refractivity contribution in [2.24, 2.45) is 0 Å². The molecule has 0 heterocycles. The minimum absolute atomic E-state index is 0.131. The predicted octanol–water partition coefficient (Wildman–Crippen LogP) is 2.27. The van der Waals surface area contributed by atoms with Gasteiger partial charge in [0.25, 0.3) is 0 Å². The van der Waals surface area contributed by atoms with Crippen LogP contribution in [-0.2, 0) is 4.79 Å². The number of carbonyl (C=O) groups is 1. The lowest BCUT2D eigenvalue weighted by molar-refractivity contribution is -0.111. The standard InChI is InChI=1S/C8H8Br2O2/c1-2-8(12)3-5(9)7(11)6(10)4-8/h3-4,12H,2H2,1H3. The summed E-state index contributed by atoms with van der Waals surface area (Å²) in [7, 11) is 0. The van der Waals surface area contributed by atoms with E-state index in [1.165, 1.54) is 12.2 Å². The lowest BCUT2D eigenvalue weighted by atomic mass is 9.95. The number of rotatable bonds is 1. The Balaban J connectivity index is 3.07.